The Kier molecular flexibility index (Phi) is 11.2. The topological polar surface area (TPSA) is 105 Å². The van der Waals surface area contributed by atoms with Crippen LogP contribution in [0.25, 0.3) is 0 Å². The Bertz CT molecular complexity index is 1480. The summed E-state index contributed by atoms with van der Waals surface area (Å²) in [5.74, 6) is 0.0914. The fraction of sp³-hybridized carbons (Fsp3) is 0.355. The third kappa shape index (κ3) is 7.95. The zero-order valence-electron chi connectivity index (χ0n) is 24.8. The summed E-state index contributed by atoms with van der Waals surface area (Å²) < 4.78 is 39.4. The van der Waals surface area contributed by atoms with Gasteiger partial charge in [-0.2, -0.15) is 0 Å². The van der Waals surface area contributed by atoms with Crippen LogP contribution in [0.1, 0.15) is 38.3 Å². The van der Waals surface area contributed by atoms with E-state index in [1.54, 1.807) is 50.4 Å². The van der Waals surface area contributed by atoms with Crippen molar-refractivity contribution in [2.45, 2.75) is 57.6 Å². The van der Waals surface area contributed by atoms with Crippen LogP contribution in [-0.2, 0) is 26.2 Å². The van der Waals surface area contributed by atoms with Gasteiger partial charge in [-0.25, -0.2) is 8.42 Å². The molecule has 2 amide bonds. The summed E-state index contributed by atoms with van der Waals surface area (Å²) in [6, 6.07) is 17.0. The molecule has 3 aromatic carbocycles. The van der Waals surface area contributed by atoms with Crippen LogP contribution in [0.4, 0.5) is 5.69 Å². The summed E-state index contributed by atoms with van der Waals surface area (Å²) in [4.78, 5) is 28.6. The molecule has 42 heavy (non-hydrogen) atoms. The lowest BCUT2D eigenvalue weighted by molar-refractivity contribution is -0.139. The third-order valence-corrected chi connectivity index (χ3v) is 9.07. The molecule has 0 saturated heterocycles. The van der Waals surface area contributed by atoms with E-state index in [1.807, 2.05) is 20.8 Å². The van der Waals surface area contributed by atoms with Gasteiger partial charge in [-0.3, -0.25) is 13.9 Å². The number of ether oxygens (including phenoxy) is 2. The number of nitrogens with zero attached hydrogens (tertiary/aromatic N) is 2. The van der Waals surface area contributed by atoms with Crippen LogP contribution in [0.3, 0.4) is 0 Å². The molecule has 11 heteroatoms. The lowest BCUT2D eigenvalue weighted by Gasteiger charge is -2.32. The van der Waals surface area contributed by atoms with Gasteiger partial charge in [0.1, 0.15) is 24.1 Å². The van der Waals surface area contributed by atoms with Crippen LogP contribution >= 0.6 is 11.6 Å². The first-order valence-corrected chi connectivity index (χ1v) is 15.4. The standard InChI is InChI=1S/C31H38ClN3O6S/c1-7-22(3)33-31(37)23(4)34(19-24-10-13-26(40-5)14-11-24)30(36)20-35(25-12-17-29(41-6)28(32)18-25)42(38,39)27-15-8-21(2)9-16-27/h8-18,22-23H,7,19-20H2,1-6H3,(H,33,37). The molecular weight excluding hydrogens is 578 g/mol. The van der Waals surface area contributed by atoms with E-state index < -0.39 is 28.5 Å². The maximum atomic E-state index is 14.1. The second-order valence-electron chi connectivity index (χ2n) is 10.0. The molecule has 9 nitrogen and oxygen atoms in total. The first-order chi connectivity index (χ1) is 19.9. The highest BCUT2D eigenvalue weighted by molar-refractivity contribution is 7.92. The Morgan fingerprint density at radius 3 is 2.14 bits per heavy atom. The van der Waals surface area contributed by atoms with Crippen LogP contribution in [0.2, 0.25) is 5.02 Å². The van der Waals surface area contributed by atoms with Crippen molar-refractivity contribution < 1.29 is 27.5 Å². The molecule has 3 rings (SSSR count). The van der Waals surface area contributed by atoms with Gasteiger partial charge < -0.3 is 19.7 Å². The Labute approximate surface area is 253 Å². The van der Waals surface area contributed by atoms with E-state index in [9.17, 15) is 18.0 Å². The highest BCUT2D eigenvalue weighted by Crippen LogP contribution is 2.32. The molecule has 1 N–H and O–H groups in total. The van der Waals surface area contributed by atoms with Gasteiger partial charge in [-0.05, 0) is 75.2 Å². The number of carbonyl (C=O) groups excluding carboxylic acids is 2. The molecule has 0 radical (unpaired) electrons. The predicted octanol–water partition coefficient (Wildman–Crippen LogP) is 5.19. The van der Waals surface area contributed by atoms with Gasteiger partial charge in [-0.1, -0.05) is 48.4 Å². The second kappa shape index (κ2) is 14.4. The molecule has 0 fully saturated rings. The first kappa shape index (κ1) is 32.8. The predicted molar refractivity (Wildman–Crippen MR) is 165 cm³/mol. The Morgan fingerprint density at radius 1 is 0.952 bits per heavy atom. The number of aryl methyl sites for hydroxylation is 1. The molecule has 2 unspecified atom stereocenters. The monoisotopic (exact) mass is 615 g/mol. The third-order valence-electron chi connectivity index (χ3n) is 6.99. The van der Waals surface area contributed by atoms with Crippen LogP contribution < -0.4 is 19.1 Å². The largest absolute Gasteiger partial charge is 0.497 e. The van der Waals surface area contributed by atoms with Crippen LogP contribution in [0.5, 0.6) is 11.5 Å². The van der Waals surface area contributed by atoms with Gasteiger partial charge in [0.15, 0.2) is 0 Å². The maximum Gasteiger partial charge on any atom is 0.264 e. The molecule has 0 aliphatic heterocycles. The molecule has 0 spiro atoms. The van der Waals surface area contributed by atoms with Crippen molar-refractivity contribution in [2.24, 2.45) is 0 Å². The van der Waals surface area contributed by atoms with Gasteiger partial charge in [0.25, 0.3) is 10.0 Å². The number of carbonyl (C=O) groups is 2. The SMILES string of the molecule is CCC(C)NC(=O)C(C)N(Cc1ccc(OC)cc1)C(=O)CN(c1ccc(OC)c(Cl)c1)S(=O)(=O)c1ccc(C)cc1. The molecule has 2 atom stereocenters. The number of rotatable bonds is 13. The molecule has 0 aromatic heterocycles. The molecule has 0 bridgehead atoms. The van der Waals surface area contributed by atoms with E-state index in [0.29, 0.717) is 17.9 Å². The van der Waals surface area contributed by atoms with E-state index in [4.69, 9.17) is 21.1 Å². The number of halogens is 1. The number of hydrogen-bond donors (Lipinski definition) is 1. The summed E-state index contributed by atoms with van der Waals surface area (Å²) in [7, 11) is -1.21. The summed E-state index contributed by atoms with van der Waals surface area (Å²) in [5, 5.41) is 3.10. The fourth-order valence-corrected chi connectivity index (χ4v) is 5.81. The lowest BCUT2D eigenvalue weighted by atomic mass is 10.1. The number of nitrogens with one attached hydrogen (secondary N) is 1. The number of hydrogen-bond acceptors (Lipinski definition) is 6. The highest BCUT2D eigenvalue weighted by atomic mass is 35.5. The Balaban J connectivity index is 2.05. The van der Waals surface area contributed by atoms with Crippen molar-refractivity contribution in [2.75, 3.05) is 25.1 Å². The minimum Gasteiger partial charge on any atom is -0.497 e. The quantitative estimate of drug-likeness (QED) is 0.284. The second-order valence-corrected chi connectivity index (χ2v) is 12.3. The van der Waals surface area contributed by atoms with Crippen LogP contribution in [0, 0.1) is 6.92 Å². The van der Waals surface area contributed by atoms with Gasteiger partial charge in [0.2, 0.25) is 11.8 Å². The van der Waals surface area contributed by atoms with Crippen molar-refractivity contribution in [1.29, 1.82) is 0 Å². The van der Waals surface area contributed by atoms with Gasteiger partial charge in [-0.15, -0.1) is 0 Å². The van der Waals surface area contributed by atoms with E-state index in [1.165, 1.54) is 42.3 Å². The summed E-state index contributed by atoms with van der Waals surface area (Å²) in [6.45, 7) is 6.80. The van der Waals surface area contributed by atoms with Gasteiger partial charge in [0, 0.05) is 12.6 Å². The van der Waals surface area contributed by atoms with Crippen LogP contribution in [-0.4, -0.2) is 58.0 Å². The molecule has 226 valence electrons. The van der Waals surface area contributed by atoms with Gasteiger partial charge in [0.05, 0.1) is 29.8 Å². The number of benzene rings is 3. The minimum absolute atomic E-state index is 0.0112. The van der Waals surface area contributed by atoms with E-state index in [2.05, 4.69) is 5.32 Å². The molecule has 0 aliphatic carbocycles. The first-order valence-electron chi connectivity index (χ1n) is 13.6. The highest BCUT2D eigenvalue weighted by Gasteiger charge is 2.33. The maximum absolute atomic E-state index is 14.1. The Morgan fingerprint density at radius 2 is 1.60 bits per heavy atom. The summed E-state index contributed by atoms with van der Waals surface area (Å²) in [5.41, 5.74) is 1.81. The van der Waals surface area contributed by atoms with E-state index in [0.717, 1.165) is 15.4 Å². The minimum atomic E-state index is -4.22. The average molecular weight is 616 g/mol. The zero-order chi connectivity index (χ0) is 31.0. The number of methoxy groups -OCH3 is 2. The van der Waals surface area contributed by atoms with Gasteiger partial charge >= 0.3 is 0 Å². The molecule has 0 saturated carbocycles. The van der Waals surface area contributed by atoms with Crippen molar-refractivity contribution in [3.63, 3.8) is 0 Å². The summed E-state index contributed by atoms with van der Waals surface area (Å²) >= 11 is 6.37. The Hall–Kier alpha value is -3.76. The average Bonchev–Trinajstić information content (AvgIpc) is 2.98. The molecule has 0 heterocycles. The zero-order valence-corrected chi connectivity index (χ0v) is 26.3. The van der Waals surface area contributed by atoms with E-state index >= 15 is 0 Å². The number of sulfonamides is 1. The lowest BCUT2D eigenvalue weighted by Crippen LogP contribution is -2.52. The van der Waals surface area contributed by atoms with E-state index in [-0.39, 0.29) is 34.1 Å². The molecule has 3 aromatic rings. The molecule has 0 aliphatic rings. The van der Waals surface area contributed by atoms with Crippen molar-refractivity contribution in [3.8, 4) is 11.5 Å². The normalized spacial score (nSPS) is 12.6. The van der Waals surface area contributed by atoms with Crippen molar-refractivity contribution >= 4 is 39.1 Å². The fourth-order valence-electron chi connectivity index (χ4n) is 4.15. The van der Waals surface area contributed by atoms with Crippen molar-refractivity contribution in [3.05, 3.63) is 82.9 Å². The van der Waals surface area contributed by atoms with Crippen LogP contribution in [0.15, 0.2) is 71.6 Å². The van der Waals surface area contributed by atoms with Crippen molar-refractivity contribution in [1.82, 2.24) is 10.2 Å². The molecular formula is C31H38ClN3O6S. The number of amides is 2. The smallest absolute Gasteiger partial charge is 0.264 e. The summed E-state index contributed by atoms with van der Waals surface area (Å²) in [6.07, 6.45) is 0.714. The number of anilines is 1.